The molecular formula is C18H19N5O4. The highest BCUT2D eigenvalue weighted by Crippen LogP contribution is 2.60. The molecule has 2 aliphatic heterocycles. The molecule has 140 valence electrons. The molecule has 1 aromatic carbocycles. The van der Waals surface area contributed by atoms with Gasteiger partial charge in [-0.05, 0) is 44.2 Å². The van der Waals surface area contributed by atoms with Gasteiger partial charge in [-0.2, -0.15) is 5.11 Å². The molecule has 2 saturated carbocycles. The van der Waals surface area contributed by atoms with Crippen molar-refractivity contribution in [2.24, 2.45) is 34.0 Å². The first-order chi connectivity index (χ1) is 12.9. The van der Waals surface area contributed by atoms with Gasteiger partial charge in [0.15, 0.2) is 0 Å². The molecule has 0 aromatic heterocycles. The van der Waals surface area contributed by atoms with Gasteiger partial charge in [0, 0.05) is 18.2 Å². The fraction of sp³-hybridized carbons (Fsp3) is 0.556. The Hall–Kier alpha value is -2.84. The van der Waals surface area contributed by atoms with Gasteiger partial charge in [-0.1, -0.05) is 5.22 Å². The topological polar surface area (TPSA) is 108 Å². The lowest BCUT2D eigenvalue weighted by atomic mass is 9.76. The van der Waals surface area contributed by atoms with Crippen LogP contribution in [0.15, 0.2) is 34.6 Å². The lowest BCUT2D eigenvalue weighted by Crippen LogP contribution is -2.47. The Kier molecular flexibility index (Phi) is 3.23. The zero-order valence-electron chi connectivity index (χ0n) is 14.9. The van der Waals surface area contributed by atoms with E-state index >= 15 is 0 Å². The van der Waals surface area contributed by atoms with Crippen molar-refractivity contribution in [1.29, 1.82) is 0 Å². The number of carbonyl (C=O) groups is 2. The van der Waals surface area contributed by atoms with Gasteiger partial charge in [0.2, 0.25) is 11.8 Å². The molecule has 9 nitrogen and oxygen atoms in total. The molecular weight excluding hydrogens is 350 g/mol. The van der Waals surface area contributed by atoms with Gasteiger partial charge in [-0.3, -0.25) is 24.6 Å². The van der Waals surface area contributed by atoms with Crippen molar-refractivity contribution in [3.8, 4) is 0 Å². The van der Waals surface area contributed by atoms with Crippen LogP contribution >= 0.6 is 0 Å². The van der Waals surface area contributed by atoms with E-state index in [0.717, 1.165) is 12.1 Å². The number of carbonyl (C=O) groups excluding carboxylic acids is 2. The summed E-state index contributed by atoms with van der Waals surface area (Å²) in [7, 11) is 0. The van der Waals surface area contributed by atoms with Crippen molar-refractivity contribution in [2.45, 2.75) is 38.4 Å². The summed E-state index contributed by atoms with van der Waals surface area (Å²) in [4.78, 5) is 37.6. The molecule has 0 spiro atoms. The molecule has 0 N–H and O–H groups in total. The molecule has 2 bridgehead atoms. The van der Waals surface area contributed by atoms with Crippen LogP contribution in [0, 0.1) is 33.8 Å². The first kappa shape index (κ1) is 16.3. The van der Waals surface area contributed by atoms with Crippen LogP contribution < -0.4 is 5.01 Å². The molecule has 9 heteroatoms. The molecule has 1 aromatic rings. The summed E-state index contributed by atoms with van der Waals surface area (Å²) in [5.74, 6) is -0.638. The Bertz CT molecular complexity index is 882. The summed E-state index contributed by atoms with van der Waals surface area (Å²) in [5.41, 5.74) is 0.738. The van der Waals surface area contributed by atoms with Crippen LogP contribution in [0.1, 0.15) is 20.3 Å². The van der Waals surface area contributed by atoms with Crippen LogP contribution in [0.25, 0.3) is 0 Å². The van der Waals surface area contributed by atoms with Gasteiger partial charge in [0.25, 0.3) is 5.69 Å². The summed E-state index contributed by atoms with van der Waals surface area (Å²) in [6.07, 6.45) is 0.802. The minimum absolute atomic E-state index is 0.0172. The van der Waals surface area contributed by atoms with E-state index in [0.29, 0.717) is 0 Å². The highest BCUT2D eigenvalue weighted by molar-refractivity contribution is 6.06. The number of hydrogen-bond acceptors (Lipinski definition) is 7. The summed E-state index contributed by atoms with van der Waals surface area (Å²) in [5, 5.41) is 21.4. The number of amides is 2. The van der Waals surface area contributed by atoms with E-state index in [1.54, 1.807) is 17.1 Å². The number of fused-ring (bicyclic) bond motifs is 8. The largest absolute Gasteiger partial charge is 0.280 e. The zero-order valence-corrected chi connectivity index (χ0v) is 14.9. The Morgan fingerprint density at radius 3 is 2.33 bits per heavy atom. The van der Waals surface area contributed by atoms with E-state index in [9.17, 15) is 19.7 Å². The Balaban J connectivity index is 1.46. The summed E-state index contributed by atoms with van der Waals surface area (Å²) < 4.78 is 0. The number of nitrogens with zero attached hydrogens (tertiary/aromatic N) is 5. The predicted octanol–water partition coefficient (Wildman–Crippen LogP) is 2.18. The highest BCUT2D eigenvalue weighted by Gasteiger charge is 2.70. The highest BCUT2D eigenvalue weighted by atomic mass is 16.6. The first-order valence-electron chi connectivity index (χ1n) is 9.21. The average molecular weight is 369 g/mol. The van der Waals surface area contributed by atoms with Crippen molar-refractivity contribution in [3.05, 3.63) is 34.4 Å². The minimum Gasteiger partial charge on any atom is -0.280 e. The number of hydrogen-bond donors (Lipinski definition) is 0. The van der Waals surface area contributed by atoms with Crippen molar-refractivity contribution >= 4 is 23.2 Å². The third kappa shape index (κ3) is 1.99. The normalized spacial score (nSPS) is 36.1. The fourth-order valence-electron chi connectivity index (χ4n) is 5.57. The number of benzene rings is 1. The molecule has 5 rings (SSSR count). The van der Waals surface area contributed by atoms with Crippen molar-refractivity contribution < 1.29 is 14.5 Å². The number of nitro benzene ring substituents is 1. The molecule has 0 unspecified atom stereocenters. The lowest BCUT2D eigenvalue weighted by molar-refractivity contribution is -0.384. The van der Waals surface area contributed by atoms with Crippen LogP contribution in [-0.4, -0.2) is 39.8 Å². The molecule has 1 saturated heterocycles. The SMILES string of the molecule is CC(C)N1C(=O)[C@@H]2[C@H]3C[C@@H]([C@@H]2C1=O)[C@H]1[C@@H]3N=NN1c1ccc([N+](=O)[O-])cc1. The van der Waals surface area contributed by atoms with Crippen LogP contribution in [0.5, 0.6) is 0 Å². The Morgan fingerprint density at radius 2 is 1.74 bits per heavy atom. The van der Waals surface area contributed by atoms with E-state index in [1.807, 2.05) is 13.8 Å². The number of likely N-dealkylation sites (tertiary alicyclic amines) is 1. The average Bonchev–Trinajstić information content (AvgIpc) is 3.35. The standard InChI is InChI=1S/C18H19N5O4/c1-8(2)21-17(24)13-11-7-12(14(13)18(21)25)16-15(11)19-20-22(16)9-3-5-10(6-4-9)23(26)27/h3-6,8,11-16H,7H2,1-2H3/t11-,12+,13-,14+,15-,16+/m1/s1. The molecule has 3 fully saturated rings. The van der Waals surface area contributed by atoms with E-state index in [2.05, 4.69) is 10.3 Å². The van der Waals surface area contributed by atoms with E-state index < -0.39 is 4.92 Å². The molecule has 2 amide bonds. The Labute approximate surface area is 155 Å². The smallest absolute Gasteiger partial charge is 0.269 e. The monoisotopic (exact) mass is 369 g/mol. The van der Waals surface area contributed by atoms with Crippen LogP contribution in [-0.2, 0) is 9.59 Å². The molecule has 4 aliphatic rings. The lowest BCUT2D eigenvalue weighted by Gasteiger charge is -2.33. The van der Waals surface area contributed by atoms with Crippen molar-refractivity contribution in [3.63, 3.8) is 0 Å². The van der Waals surface area contributed by atoms with Crippen molar-refractivity contribution in [1.82, 2.24) is 4.90 Å². The van der Waals surface area contributed by atoms with E-state index in [-0.39, 0.29) is 59.3 Å². The summed E-state index contributed by atoms with van der Waals surface area (Å²) >= 11 is 0. The van der Waals surface area contributed by atoms with Gasteiger partial charge >= 0.3 is 0 Å². The maximum Gasteiger partial charge on any atom is 0.269 e. The van der Waals surface area contributed by atoms with E-state index in [4.69, 9.17) is 0 Å². The summed E-state index contributed by atoms with van der Waals surface area (Å²) in [6.45, 7) is 3.73. The third-order valence-electron chi connectivity index (χ3n) is 6.53. The van der Waals surface area contributed by atoms with Crippen LogP contribution in [0.3, 0.4) is 0 Å². The third-order valence-corrected chi connectivity index (χ3v) is 6.53. The number of anilines is 1. The van der Waals surface area contributed by atoms with Gasteiger partial charge in [-0.25, -0.2) is 5.01 Å². The minimum atomic E-state index is -0.441. The number of imide groups is 1. The van der Waals surface area contributed by atoms with Crippen LogP contribution in [0.4, 0.5) is 11.4 Å². The molecule has 0 radical (unpaired) electrons. The molecule has 2 aliphatic carbocycles. The zero-order chi connectivity index (χ0) is 19.0. The van der Waals surface area contributed by atoms with Gasteiger partial charge in [-0.15, -0.1) is 0 Å². The molecule has 6 atom stereocenters. The quantitative estimate of drug-likeness (QED) is 0.461. The van der Waals surface area contributed by atoms with Gasteiger partial charge in [0.1, 0.15) is 0 Å². The van der Waals surface area contributed by atoms with Crippen molar-refractivity contribution in [2.75, 3.05) is 5.01 Å². The molecule has 27 heavy (non-hydrogen) atoms. The maximum absolute atomic E-state index is 12.9. The fourth-order valence-corrected chi connectivity index (χ4v) is 5.57. The number of nitro groups is 1. The second-order valence-electron chi connectivity index (χ2n) is 8.06. The molecule has 2 heterocycles. The maximum atomic E-state index is 12.9. The summed E-state index contributed by atoms with van der Waals surface area (Å²) in [6, 6.07) is 5.90. The Morgan fingerprint density at radius 1 is 1.11 bits per heavy atom. The van der Waals surface area contributed by atoms with Gasteiger partial charge < -0.3 is 0 Å². The number of non-ortho nitro benzene ring substituents is 1. The number of rotatable bonds is 3. The van der Waals surface area contributed by atoms with Crippen LogP contribution in [0.2, 0.25) is 0 Å². The second kappa shape index (κ2) is 5.34. The van der Waals surface area contributed by atoms with E-state index in [1.165, 1.54) is 17.0 Å². The first-order valence-corrected chi connectivity index (χ1v) is 9.21. The predicted molar refractivity (Wildman–Crippen MR) is 93.6 cm³/mol. The second-order valence-corrected chi connectivity index (χ2v) is 8.06. The van der Waals surface area contributed by atoms with Gasteiger partial charge in [0.05, 0.1) is 34.5 Å².